The van der Waals surface area contributed by atoms with E-state index < -0.39 is 25.9 Å². The van der Waals surface area contributed by atoms with Gasteiger partial charge in [-0.1, -0.05) is 76.7 Å². The van der Waals surface area contributed by atoms with Crippen molar-refractivity contribution in [1.82, 2.24) is 18.6 Å². The molecular weight excluding hydrogens is 937 g/mol. The summed E-state index contributed by atoms with van der Waals surface area (Å²) in [5.74, 6) is -0.812. The molecular formula is C40H36Cl4F2N6O4S4. The number of benzene rings is 4. The minimum absolute atomic E-state index is 0.0961. The molecule has 20 heteroatoms. The van der Waals surface area contributed by atoms with Gasteiger partial charge in [-0.15, -0.1) is 22.7 Å². The molecule has 2 aliphatic heterocycles. The Balaban J connectivity index is 0.000000181. The highest BCUT2D eigenvalue weighted by Gasteiger charge is 2.32. The standard InChI is InChI=1S/2C20H18Cl2FN3O2S2/c21-15-9-14(10-16(23)12-15)11-17-13-29-20(24-17)25-5-7-26(8-6-25)30(27,28)19-4-2-1-3-18(19)22;21-16-3-1-2-4-19(16)30(27,28)26-9-7-25(8-10-26)20-24-15(13-29-20)11-14-5-6-18(23)17(22)12-14/h1-4,9-10,12-13H,5-8,11H2;1-6,12-13H,7-11H2. The molecule has 10 nitrogen and oxygen atoms in total. The maximum absolute atomic E-state index is 13.5. The average Bonchev–Trinajstić information content (AvgIpc) is 3.90. The van der Waals surface area contributed by atoms with Crippen LogP contribution in [-0.2, 0) is 32.9 Å². The largest absolute Gasteiger partial charge is 0.345 e. The number of hydrogen-bond acceptors (Lipinski definition) is 10. The summed E-state index contributed by atoms with van der Waals surface area (Å²) < 4.78 is 81.3. The predicted octanol–water partition coefficient (Wildman–Crippen LogP) is 9.38. The Morgan fingerprint density at radius 3 is 1.47 bits per heavy atom. The number of thiazole rings is 2. The van der Waals surface area contributed by atoms with Crippen LogP contribution >= 0.6 is 69.1 Å². The fourth-order valence-electron chi connectivity index (χ4n) is 6.65. The molecule has 0 radical (unpaired) electrons. The monoisotopic (exact) mass is 970 g/mol. The Kier molecular flexibility index (Phi) is 14.4. The van der Waals surface area contributed by atoms with Crippen molar-refractivity contribution in [1.29, 1.82) is 0 Å². The normalized spacial score (nSPS) is 15.5. The third kappa shape index (κ3) is 10.6. The lowest BCUT2D eigenvalue weighted by molar-refractivity contribution is 0.384. The van der Waals surface area contributed by atoms with Gasteiger partial charge in [-0.25, -0.2) is 35.6 Å². The van der Waals surface area contributed by atoms with Crippen molar-refractivity contribution < 1.29 is 25.6 Å². The molecule has 0 N–H and O–H groups in total. The molecule has 4 aromatic carbocycles. The molecule has 2 aliphatic rings. The van der Waals surface area contributed by atoms with Gasteiger partial charge >= 0.3 is 0 Å². The number of aromatic nitrogens is 2. The molecule has 6 aromatic rings. The highest BCUT2D eigenvalue weighted by atomic mass is 35.5. The molecule has 0 saturated carbocycles. The summed E-state index contributed by atoms with van der Waals surface area (Å²) in [5, 5.41) is 6.46. The zero-order valence-corrected chi connectivity index (χ0v) is 37.8. The van der Waals surface area contributed by atoms with Gasteiger partial charge in [0.2, 0.25) is 20.0 Å². The van der Waals surface area contributed by atoms with Crippen LogP contribution in [-0.4, -0.2) is 87.8 Å². The number of rotatable bonds is 10. The topological polar surface area (TPSA) is 107 Å². The van der Waals surface area contributed by atoms with E-state index >= 15 is 0 Å². The van der Waals surface area contributed by atoms with Crippen molar-refractivity contribution in [3.8, 4) is 0 Å². The van der Waals surface area contributed by atoms with Crippen molar-refractivity contribution in [3.05, 3.63) is 150 Å². The maximum atomic E-state index is 13.5. The van der Waals surface area contributed by atoms with E-state index in [2.05, 4.69) is 19.8 Å². The lowest BCUT2D eigenvalue weighted by Gasteiger charge is -2.33. The first-order chi connectivity index (χ1) is 28.7. The van der Waals surface area contributed by atoms with Crippen molar-refractivity contribution in [3.63, 3.8) is 0 Å². The van der Waals surface area contributed by atoms with Crippen molar-refractivity contribution in [2.45, 2.75) is 22.6 Å². The van der Waals surface area contributed by atoms with Crippen LogP contribution in [0.2, 0.25) is 20.1 Å². The van der Waals surface area contributed by atoms with E-state index in [9.17, 15) is 25.6 Å². The fraction of sp³-hybridized carbons (Fsp3) is 0.250. The van der Waals surface area contributed by atoms with Crippen LogP contribution in [0.5, 0.6) is 0 Å². The molecule has 0 unspecified atom stereocenters. The highest BCUT2D eigenvalue weighted by molar-refractivity contribution is 7.89. The third-order valence-electron chi connectivity index (χ3n) is 9.68. The van der Waals surface area contributed by atoms with E-state index in [1.807, 2.05) is 10.8 Å². The number of piperazine rings is 2. The second-order valence-electron chi connectivity index (χ2n) is 13.8. The van der Waals surface area contributed by atoms with Gasteiger partial charge in [-0.3, -0.25) is 0 Å². The molecule has 60 heavy (non-hydrogen) atoms. The Morgan fingerprint density at radius 2 is 1.02 bits per heavy atom. The molecule has 0 atom stereocenters. The SMILES string of the molecule is O=S(=O)(c1ccccc1Cl)N1CCN(c2nc(Cc3cc(F)cc(Cl)c3)cs2)CC1.O=S(=O)(c1ccccc1Cl)N1CCN(c2nc(Cc3ccc(F)c(Cl)c3)cs2)CC1. The zero-order chi connectivity index (χ0) is 42.6. The third-order valence-corrected chi connectivity index (χ3v) is 16.9. The van der Waals surface area contributed by atoms with E-state index in [0.717, 1.165) is 32.8 Å². The summed E-state index contributed by atoms with van der Waals surface area (Å²) >= 11 is 26.9. The molecule has 0 spiro atoms. The second kappa shape index (κ2) is 19.3. The van der Waals surface area contributed by atoms with Gasteiger partial charge in [0, 0.05) is 81.0 Å². The molecule has 8 rings (SSSR count). The van der Waals surface area contributed by atoms with Crippen LogP contribution < -0.4 is 9.80 Å². The van der Waals surface area contributed by atoms with Crippen LogP contribution in [0.4, 0.5) is 19.0 Å². The molecule has 2 aromatic heterocycles. The van der Waals surface area contributed by atoms with Gasteiger partial charge in [0.05, 0.1) is 26.5 Å². The minimum atomic E-state index is -3.63. The lowest BCUT2D eigenvalue weighted by Crippen LogP contribution is -2.48. The van der Waals surface area contributed by atoms with Gasteiger partial charge in [-0.2, -0.15) is 8.61 Å². The molecule has 0 amide bonds. The molecule has 0 bridgehead atoms. The number of nitrogens with zero attached hydrogens (tertiary/aromatic N) is 6. The molecule has 316 valence electrons. The second-order valence-corrected chi connectivity index (χ2v) is 20.9. The van der Waals surface area contributed by atoms with Gasteiger partial charge in [0.25, 0.3) is 0 Å². The predicted molar refractivity (Wildman–Crippen MR) is 238 cm³/mol. The van der Waals surface area contributed by atoms with Crippen LogP contribution in [0.25, 0.3) is 0 Å². The van der Waals surface area contributed by atoms with E-state index in [0.29, 0.717) is 70.2 Å². The van der Waals surface area contributed by atoms with E-state index in [1.54, 1.807) is 54.6 Å². The molecule has 2 fully saturated rings. The van der Waals surface area contributed by atoms with Crippen molar-refractivity contribution in [2.75, 3.05) is 62.2 Å². The number of sulfonamides is 2. The van der Waals surface area contributed by atoms with Gasteiger partial charge in [0.1, 0.15) is 21.4 Å². The highest BCUT2D eigenvalue weighted by Crippen LogP contribution is 2.30. The van der Waals surface area contributed by atoms with E-state index in [1.165, 1.54) is 61.6 Å². The summed E-state index contributed by atoms with van der Waals surface area (Å²) in [6.07, 6.45) is 1.03. The summed E-state index contributed by atoms with van der Waals surface area (Å²) in [5.41, 5.74) is 3.33. The quantitative estimate of drug-likeness (QED) is 0.134. The Labute approximate surface area is 375 Å². The molecule has 2 saturated heterocycles. The molecule has 4 heterocycles. The first-order valence-electron chi connectivity index (χ1n) is 18.4. The first-order valence-corrected chi connectivity index (χ1v) is 24.6. The summed E-state index contributed by atoms with van der Waals surface area (Å²) in [7, 11) is -7.26. The van der Waals surface area contributed by atoms with Crippen LogP contribution in [0.3, 0.4) is 0 Å². The smallest absolute Gasteiger partial charge is 0.244 e. The maximum Gasteiger partial charge on any atom is 0.244 e. The summed E-state index contributed by atoms with van der Waals surface area (Å²) in [6, 6.07) is 22.0. The number of hydrogen-bond donors (Lipinski definition) is 0. The Hall–Kier alpha value is -3.42. The Bertz CT molecular complexity index is 2670. The zero-order valence-electron chi connectivity index (χ0n) is 31.5. The van der Waals surface area contributed by atoms with Gasteiger partial charge < -0.3 is 9.80 Å². The van der Waals surface area contributed by atoms with Crippen molar-refractivity contribution in [2.24, 2.45) is 0 Å². The van der Waals surface area contributed by atoms with Gasteiger partial charge in [0.15, 0.2) is 10.3 Å². The van der Waals surface area contributed by atoms with E-state index in [4.69, 9.17) is 46.4 Å². The fourth-order valence-corrected chi connectivity index (χ4v) is 12.7. The van der Waals surface area contributed by atoms with Crippen LogP contribution in [0, 0.1) is 11.6 Å². The number of anilines is 2. The Morgan fingerprint density at radius 1 is 0.550 bits per heavy atom. The van der Waals surface area contributed by atoms with Gasteiger partial charge in [-0.05, 0) is 65.7 Å². The van der Waals surface area contributed by atoms with Crippen LogP contribution in [0.15, 0.2) is 105 Å². The van der Waals surface area contributed by atoms with Crippen LogP contribution in [0.1, 0.15) is 22.5 Å². The summed E-state index contributed by atoms with van der Waals surface area (Å²) in [6.45, 7) is 3.55. The average molecular weight is 973 g/mol. The van der Waals surface area contributed by atoms with Crippen molar-refractivity contribution >= 4 is 99.4 Å². The lowest BCUT2D eigenvalue weighted by atomic mass is 10.1. The first kappa shape index (κ1) is 44.6. The van der Waals surface area contributed by atoms with E-state index in [-0.39, 0.29) is 30.7 Å². The minimum Gasteiger partial charge on any atom is -0.345 e. The number of halogens is 6. The summed E-state index contributed by atoms with van der Waals surface area (Å²) in [4.78, 5) is 13.7. The molecule has 0 aliphatic carbocycles.